The lowest BCUT2D eigenvalue weighted by molar-refractivity contribution is 0.0639. The highest BCUT2D eigenvalue weighted by Gasteiger charge is 2.31. The number of rotatable bonds is 10. The maximum atomic E-state index is 5.71. The first kappa shape index (κ1) is 18.9. The molecule has 1 saturated heterocycles. The Balaban J connectivity index is 2.37. The van der Waals surface area contributed by atoms with Crippen molar-refractivity contribution in [3.8, 4) is 0 Å². The third kappa shape index (κ3) is 6.66. The van der Waals surface area contributed by atoms with Crippen LogP contribution in [0, 0.1) is 11.8 Å². The Morgan fingerprint density at radius 2 is 1.86 bits per heavy atom. The Hall–Kier alpha value is -0.120. The van der Waals surface area contributed by atoms with Gasteiger partial charge in [0, 0.05) is 44.9 Å². The molecular formula is C18H38N2O. The van der Waals surface area contributed by atoms with Gasteiger partial charge in [0.2, 0.25) is 0 Å². The fraction of sp³-hybridized carbons (Fsp3) is 1.00. The number of ether oxygens (including phenoxy) is 1. The van der Waals surface area contributed by atoms with Crippen molar-refractivity contribution >= 4 is 0 Å². The van der Waals surface area contributed by atoms with Crippen LogP contribution >= 0.6 is 0 Å². The molecule has 3 nitrogen and oxygen atoms in total. The number of piperazine rings is 1. The summed E-state index contributed by atoms with van der Waals surface area (Å²) in [5.74, 6) is 1.48. The quantitative estimate of drug-likeness (QED) is 0.624. The molecule has 0 aromatic carbocycles. The van der Waals surface area contributed by atoms with E-state index in [9.17, 15) is 0 Å². The molecule has 0 radical (unpaired) electrons. The summed E-state index contributed by atoms with van der Waals surface area (Å²) in [6.45, 7) is 17.0. The Morgan fingerprint density at radius 3 is 2.48 bits per heavy atom. The van der Waals surface area contributed by atoms with Crippen LogP contribution in [0.5, 0.6) is 0 Å². The summed E-state index contributed by atoms with van der Waals surface area (Å²) in [7, 11) is 0. The fourth-order valence-corrected chi connectivity index (χ4v) is 3.15. The van der Waals surface area contributed by atoms with Crippen molar-refractivity contribution in [2.45, 2.75) is 72.4 Å². The standard InChI is InChI=1S/C18H38N2O/c1-6-8-11-21-12-9-10-20-14-17(16(5)7-2)19-13-18(20)15(3)4/h15-19H,6-14H2,1-5H3. The summed E-state index contributed by atoms with van der Waals surface area (Å²) in [4.78, 5) is 2.71. The zero-order valence-electron chi connectivity index (χ0n) is 15.0. The summed E-state index contributed by atoms with van der Waals surface area (Å²) < 4.78 is 5.71. The molecule has 21 heavy (non-hydrogen) atoms. The molecule has 1 heterocycles. The van der Waals surface area contributed by atoms with Crippen molar-refractivity contribution in [2.75, 3.05) is 32.8 Å². The molecule has 0 bridgehead atoms. The Morgan fingerprint density at radius 1 is 1.14 bits per heavy atom. The molecule has 0 saturated carbocycles. The van der Waals surface area contributed by atoms with Crippen molar-refractivity contribution in [3.05, 3.63) is 0 Å². The predicted octanol–water partition coefficient (Wildman–Crippen LogP) is 3.54. The van der Waals surface area contributed by atoms with E-state index in [1.165, 1.54) is 38.8 Å². The van der Waals surface area contributed by atoms with E-state index < -0.39 is 0 Å². The molecule has 1 N–H and O–H groups in total. The minimum Gasteiger partial charge on any atom is -0.381 e. The number of hydrogen-bond donors (Lipinski definition) is 1. The lowest BCUT2D eigenvalue weighted by Gasteiger charge is -2.44. The summed E-state index contributed by atoms with van der Waals surface area (Å²) in [6.07, 6.45) is 4.85. The van der Waals surface area contributed by atoms with E-state index in [4.69, 9.17) is 4.74 Å². The van der Waals surface area contributed by atoms with E-state index in [0.29, 0.717) is 12.1 Å². The second kappa shape index (κ2) is 10.6. The predicted molar refractivity (Wildman–Crippen MR) is 91.8 cm³/mol. The number of hydrogen-bond acceptors (Lipinski definition) is 3. The molecule has 0 spiro atoms. The fourth-order valence-electron chi connectivity index (χ4n) is 3.15. The van der Waals surface area contributed by atoms with E-state index >= 15 is 0 Å². The summed E-state index contributed by atoms with van der Waals surface area (Å²) in [5, 5.41) is 3.78. The third-order valence-corrected chi connectivity index (χ3v) is 4.97. The van der Waals surface area contributed by atoms with Gasteiger partial charge in [-0.3, -0.25) is 4.90 Å². The second-order valence-corrected chi connectivity index (χ2v) is 7.03. The molecule has 0 aliphatic carbocycles. The van der Waals surface area contributed by atoms with Gasteiger partial charge in [-0.1, -0.05) is 47.5 Å². The SMILES string of the molecule is CCCCOCCCN1CC(C(C)CC)NCC1C(C)C. The van der Waals surface area contributed by atoms with E-state index in [2.05, 4.69) is 44.8 Å². The maximum Gasteiger partial charge on any atom is 0.0478 e. The van der Waals surface area contributed by atoms with E-state index in [-0.39, 0.29) is 0 Å². The molecule has 1 aliphatic rings. The third-order valence-electron chi connectivity index (χ3n) is 4.97. The van der Waals surface area contributed by atoms with Crippen LogP contribution in [-0.2, 0) is 4.74 Å². The highest BCUT2D eigenvalue weighted by atomic mass is 16.5. The largest absolute Gasteiger partial charge is 0.381 e. The molecule has 0 aromatic rings. The molecule has 3 atom stereocenters. The number of nitrogens with zero attached hydrogens (tertiary/aromatic N) is 1. The van der Waals surface area contributed by atoms with Gasteiger partial charge in [-0.2, -0.15) is 0 Å². The summed E-state index contributed by atoms with van der Waals surface area (Å²) in [6, 6.07) is 1.34. The van der Waals surface area contributed by atoms with Crippen LogP contribution in [-0.4, -0.2) is 49.8 Å². The van der Waals surface area contributed by atoms with Crippen LogP contribution in [0.1, 0.15) is 60.3 Å². The molecule has 0 amide bonds. The first-order chi connectivity index (χ1) is 10.1. The number of unbranched alkanes of at least 4 members (excludes halogenated alkanes) is 1. The lowest BCUT2D eigenvalue weighted by atomic mass is 9.92. The van der Waals surface area contributed by atoms with Crippen LogP contribution in [0.25, 0.3) is 0 Å². The van der Waals surface area contributed by atoms with Gasteiger partial charge in [0.1, 0.15) is 0 Å². The van der Waals surface area contributed by atoms with Crippen molar-refractivity contribution in [2.24, 2.45) is 11.8 Å². The molecule has 126 valence electrons. The van der Waals surface area contributed by atoms with Gasteiger partial charge < -0.3 is 10.1 Å². The van der Waals surface area contributed by atoms with Crippen LogP contribution in [0.2, 0.25) is 0 Å². The maximum absolute atomic E-state index is 5.71. The Kier molecular flexibility index (Phi) is 9.54. The minimum atomic E-state index is 0.658. The molecular weight excluding hydrogens is 260 g/mol. The van der Waals surface area contributed by atoms with Crippen molar-refractivity contribution in [1.29, 1.82) is 0 Å². The monoisotopic (exact) mass is 298 g/mol. The van der Waals surface area contributed by atoms with Gasteiger partial charge in [-0.05, 0) is 24.7 Å². The molecule has 1 aliphatic heterocycles. The second-order valence-electron chi connectivity index (χ2n) is 7.03. The van der Waals surface area contributed by atoms with Crippen LogP contribution < -0.4 is 5.32 Å². The Bertz CT molecular complexity index is 258. The molecule has 1 fully saturated rings. The highest BCUT2D eigenvalue weighted by Crippen LogP contribution is 2.20. The van der Waals surface area contributed by atoms with Gasteiger partial charge in [0.05, 0.1) is 0 Å². The normalized spacial score (nSPS) is 25.4. The highest BCUT2D eigenvalue weighted by molar-refractivity contribution is 4.89. The minimum absolute atomic E-state index is 0.658. The topological polar surface area (TPSA) is 24.5 Å². The average molecular weight is 299 g/mol. The van der Waals surface area contributed by atoms with Gasteiger partial charge in [-0.25, -0.2) is 0 Å². The van der Waals surface area contributed by atoms with Crippen LogP contribution in [0.15, 0.2) is 0 Å². The zero-order valence-corrected chi connectivity index (χ0v) is 15.0. The Labute approximate surface area is 132 Å². The van der Waals surface area contributed by atoms with Gasteiger partial charge in [0.15, 0.2) is 0 Å². The van der Waals surface area contributed by atoms with E-state index in [0.717, 1.165) is 31.6 Å². The lowest BCUT2D eigenvalue weighted by Crippen LogP contribution is -2.60. The molecule has 0 aromatic heterocycles. The first-order valence-electron chi connectivity index (χ1n) is 9.15. The average Bonchev–Trinajstić information content (AvgIpc) is 2.49. The number of nitrogens with one attached hydrogen (secondary N) is 1. The van der Waals surface area contributed by atoms with E-state index in [1.807, 2.05) is 0 Å². The van der Waals surface area contributed by atoms with Crippen molar-refractivity contribution in [3.63, 3.8) is 0 Å². The van der Waals surface area contributed by atoms with Gasteiger partial charge in [-0.15, -0.1) is 0 Å². The molecule has 3 heteroatoms. The van der Waals surface area contributed by atoms with Crippen molar-refractivity contribution in [1.82, 2.24) is 10.2 Å². The zero-order chi connectivity index (χ0) is 15.7. The molecule has 1 rings (SSSR count). The summed E-state index contributed by atoms with van der Waals surface area (Å²) >= 11 is 0. The molecule has 3 unspecified atom stereocenters. The van der Waals surface area contributed by atoms with Crippen LogP contribution in [0.4, 0.5) is 0 Å². The van der Waals surface area contributed by atoms with Gasteiger partial charge >= 0.3 is 0 Å². The smallest absolute Gasteiger partial charge is 0.0478 e. The van der Waals surface area contributed by atoms with Crippen molar-refractivity contribution < 1.29 is 4.74 Å². The van der Waals surface area contributed by atoms with Crippen LogP contribution in [0.3, 0.4) is 0 Å². The van der Waals surface area contributed by atoms with E-state index in [1.54, 1.807) is 0 Å². The van der Waals surface area contributed by atoms with Gasteiger partial charge in [0.25, 0.3) is 0 Å². The summed E-state index contributed by atoms with van der Waals surface area (Å²) in [5.41, 5.74) is 0. The first-order valence-corrected chi connectivity index (χ1v) is 9.15.